The number of piperidine rings is 1. The maximum atomic E-state index is 12.4. The van der Waals surface area contributed by atoms with Crippen molar-refractivity contribution in [3.8, 4) is 0 Å². The summed E-state index contributed by atoms with van der Waals surface area (Å²) in [4.78, 5) is 27.8. The summed E-state index contributed by atoms with van der Waals surface area (Å²) in [5, 5.41) is 9.51. The number of furan rings is 1. The van der Waals surface area contributed by atoms with Crippen molar-refractivity contribution < 1.29 is 23.8 Å². The Labute approximate surface area is 128 Å². The highest BCUT2D eigenvalue weighted by atomic mass is 16.5. The molecule has 1 N–H and O–H groups in total. The van der Waals surface area contributed by atoms with Crippen molar-refractivity contribution in [2.75, 3.05) is 32.8 Å². The summed E-state index contributed by atoms with van der Waals surface area (Å²) in [5.41, 5.74) is 0.399. The Kier molecular flexibility index (Phi) is 4.44. The molecule has 0 aromatic carbocycles. The quantitative estimate of drug-likeness (QED) is 0.883. The average Bonchev–Trinajstić information content (AvgIpc) is 3.09. The molecular weight excluding hydrogens is 288 g/mol. The van der Waals surface area contributed by atoms with Crippen LogP contribution in [0.2, 0.25) is 0 Å². The maximum Gasteiger partial charge on any atom is 0.326 e. The van der Waals surface area contributed by atoms with Crippen molar-refractivity contribution in [1.82, 2.24) is 9.80 Å². The molecule has 2 atom stereocenters. The Morgan fingerprint density at radius 1 is 1.23 bits per heavy atom. The van der Waals surface area contributed by atoms with Crippen LogP contribution < -0.4 is 0 Å². The number of rotatable bonds is 3. The highest BCUT2D eigenvalue weighted by molar-refractivity contribution is 5.96. The Hall–Kier alpha value is -1.86. The fourth-order valence-corrected chi connectivity index (χ4v) is 3.25. The molecule has 0 saturated carbocycles. The minimum atomic E-state index is -0.949. The Bertz CT molecular complexity index is 524. The molecule has 22 heavy (non-hydrogen) atoms. The highest BCUT2D eigenvalue weighted by Crippen LogP contribution is 2.25. The first-order chi connectivity index (χ1) is 10.7. The minimum Gasteiger partial charge on any atom is -0.480 e. The van der Waals surface area contributed by atoms with Crippen LogP contribution in [-0.2, 0) is 9.53 Å². The number of carboxylic acids is 1. The normalized spacial score (nSPS) is 26.8. The van der Waals surface area contributed by atoms with Gasteiger partial charge in [0.25, 0.3) is 5.91 Å². The Morgan fingerprint density at radius 3 is 2.64 bits per heavy atom. The summed E-state index contributed by atoms with van der Waals surface area (Å²) in [6.07, 6.45) is 4.02. The zero-order valence-corrected chi connectivity index (χ0v) is 12.3. The number of aliphatic carboxylic acids is 1. The van der Waals surface area contributed by atoms with E-state index in [4.69, 9.17) is 9.15 Å². The number of ether oxygens (including phenoxy) is 1. The van der Waals surface area contributed by atoms with Crippen molar-refractivity contribution in [2.24, 2.45) is 0 Å². The van der Waals surface area contributed by atoms with E-state index < -0.39 is 12.0 Å². The van der Waals surface area contributed by atoms with Crippen LogP contribution in [0, 0.1) is 0 Å². The molecular formula is C15H20N2O5. The Balaban J connectivity index is 1.71. The van der Waals surface area contributed by atoms with E-state index in [0.717, 1.165) is 19.5 Å². The van der Waals surface area contributed by atoms with Gasteiger partial charge in [0.05, 0.1) is 25.0 Å². The molecule has 2 aliphatic rings. The summed E-state index contributed by atoms with van der Waals surface area (Å²) in [6, 6.07) is 0.970. The number of nitrogens with zero attached hydrogens (tertiary/aromatic N) is 2. The maximum absolute atomic E-state index is 12.4. The molecule has 2 aliphatic heterocycles. The van der Waals surface area contributed by atoms with Gasteiger partial charge in [-0.3, -0.25) is 9.69 Å². The van der Waals surface area contributed by atoms with Gasteiger partial charge in [0.15, 0.2) is 0 Å². The number of hydrogen-bond acceptors (Lipinski definition) is 5. The number of carbonyl (C=O) groups excluding carboxylic acids is 1. The van der Waals surface area contributed by atoms with Crippen LogP contribution in [0.1, 0.15) is 23.2 Å². The van der Waals surface area contributed by atoms with Crippen molar-refractivity contribution in [3.63, 3.8) is 0 Å². The second-order valence-electron chi connectivity index (χ2n) is 5.69. The van der Waals surface area contributed by atoms with Crippen LogP contribution in [0.5, 0.6) is 0 Å². The van der Waals surface area contributed by atoms with E-state index in [1.54, 1.807) is 6.07 Å². The van der Waals surface area contributed by atoms with Crippen molar-refractivity contribution in [2.45, 2.75) is 24.9 Å². The summed E-state index contributed by atoms with van der Waals surface area (Å²) in [5.74, 6) is -1.23. The summed E-state index contributed by atoms with van der Waals surface area (Å²) in [6.45, 7) is 3.47. The first kappa shape index (κ1) is 15.1. The number of carboxylic acid groups (broad SMARTS) is 1. The number of amides is 1. The molecule has 120 valence electrons. The van der Waals surface area contributed by atoms with Gasteiger partial charge in [-0.1, -0.05) is 0 Å². The van der Waals surface area contributed by atoms with Gasteiger partial charge in [-0.2, -0.15) is 0 Å². The third-order valence-electron chi connectivity index (χ3n) is 4.45. The van der Waals surface area contributed by atoms with E-state index in [-0.39, 0.29) is 11.9 Å². The van der Waals surface area contributed by atoms with Gasteiger partial charge < -0.3 is 19.2 Å². The lowest BCUT2D eigenvalue weighted by Crippen LogP contribution is -2.56. The first-order valence-electron chi connectivity index (χ1n) is 7.54. The van der Waals surface area contributed by atoms with Crippen LogP contribution in [0.25, 0.3) is 0 Å². The molecule has 0 aliphatic carbocycles. The fraction of sp³-hybridized carbons (Fsp3) is 0.600. The molecule has 1 aromatic heterocycles. The lowest BCUT2D eigenvalue weighted by Gasteiger charge is -2.42. The van der Waals surface area contributed by atoms with Crippen LogP contribution >= 0.6 is 0 Å². The summed E-state index contributed by atoms with van der Waals surface area (Å²) in [7, 11) is 0. The Morgan fingerprint density at radius 2 is 2.00 bits per heavy atom. The molecule has 3 rings (SSSR count). The molecule has 7 heteroatoms. The van der Waals surface area contributed by atoms with E-state index in [1.807, 2.05) is 0 Å². The monoisotopic (exact) mass is 308 g/mol. The third-order valence-corrected chi connectivity index (χ3v) is 4.45. The fourth-order valence-electron chi connectivity index (χ4n) is 3.25. The number of morpholine rings is 1. The molecule has 7 nitrogen and oxygen atoms in total. The summed E-state index contributed by atoms with van der Waals surface area (Å²) >= 11 is 0. The van der Waals surface area contributed by atoms with Gasteiger partial charge in [-0.05, 0) is 18.9 Å². The molecule has 0 radical (unpaired) electrons. The van der Waals surface area contributed by atoms with Crippen molar-refractivity contribution in [3.05, 3.63) is 24.2 Å². The zero-order chi connectivity index (χ0) is 15.5. The molecule has 0 unspecified atom stereocenters. The minimum absolute atomic E-state index is 0.193. The molecule has 0 spiro atoms. The molecule has 1 aromatic rings. The standard InChI is InChI=1S/C15H20N2O5/c18-14(11-2-6-22-10-11)17-3-1-12(9-13(17)15(19)20)16-4-7-21-8-5-16/h2,6,10,12-13H,1,3-5,7-9H2,(H,19,20)/t12-,13-/m0/s1. The van der Waals surface area contributed by atoms with E-state index in [9.17, 15) is 14.7 Å². The van der Waals surface area contributed by atoms with E-state index in [0.29, 0.717) is 31.7 Å². The van der Waals surface area contributed by atoms with Gasteiger partial charge in [0.1, 0.15) is 12.3 Å². The number of likely N-dealkylation sites (tertiary alicyclic amines) is 1. The van der Waals surface area contributed by atoms with Crippen molar-refractivity contribution in [1.29, 1.82) is 0 Å². The van der Waals surface area contributed by atoms with Gasteiger partial charge in [0, 0.05) is 25.7 Å². The number of hydrogen-bond donors (Lipinski definition) is 1. The average molecular weight is 308 g/mol. The predicted molar refractivity (Wildman–Crippen MR) is 76.6 cm³/mol. The van der Waals surface area contributed by atoms with Crippen molar-refractivity contribution >= 4 is 11.9 Å². The number of carbonyl (C=O) groups is 2. The summed E-state index contributed by atoms with van der Waals surface area (Å²) < 4.78 is 10.3. The van der Waals surface area contributed by atoms with E-state index >= 15 is 0 Å². The SMILES string of the molecule is O=C(O)[C@@H]1C[C@@H](N2CCOCC2)CCN1C(=O)c1ccoc1. The van der Waals surface area contributed by atoms with Gasteiger partial charge in [0.2, 0.25) is 0 Å². The van der Waals surface area contributed by atoms with E-state index in [1.165, 1.54) is 17.4 Å². The molecule has 3 heterocycles. The molecule has 2 fully saturated rings. The molecule has 2 saturated heterocycles. The zero-order valence-electron chi connectivity index (χ0n) is 12.3. The van der Waals surface area contributed by atoms with Crippen LogP contribution in [0.4, 0.5) is 0 Å². The van der Waals surface area contributed by atoms with Crippen LogP contribution in [0.15, 0.2) is 23.0 Å². The highest BCUT2D eigenvalue weighted by Gasteiger charge is 2.38. The second kappa shape index (κ2) is 6.50. The van der Waals surface area contributed by atoms with Crippen LogP contribution in [-0.4, -0.2) is 71.7 Å². The van der Waals surface area contributed by atoms with E-state index in [2.05, 4.69) is 4.90 Å². The predicted octanol–water partition coefficient (Wildman–Crippen LogP) is 0.670. The topological polar surface area (TPSA) is 83.2 Å². The lowest BCUT2D eigenvalue weighted by molar-refractivity contribution is -0.144. The largest absolute Gasteiger partial charge is 0.480 e. The van der Waals surface area contributed by atoms with Gasteiger partial charge in [-0.15, -0.1) is 0 Å². The third kappa shape index (κ3) is 3.00. The first-order valence-corrected chi connectivity index (χ1v) is 7.54. The second-order valence-corrected chi connectivity index (χ2v) is 5.69. The van der Waals surface area contributed by atoms with Gasteiger partial charge >= 0.3 is 5.97 Å². The molecule has 0 bridgehead atoms. The van der Waals surface area contributed by atoms with Crippen LogP contribution in [0.3, 0.4) is 0 Å². The lowest BCUT2D eigenvalue weighted by atomic mass is 9.94. The van der Waals surface area contributed by atoms with Gasteiger partial charge in [-0.25, -0.2) is 4.79 Å². The smallest absolute Gasteiger partial charge is 0.326 e. The molecule has 1 amide bonds.